The highest BCUT2D eigenvalue weighted by molar-refractivity contribution is 6.34. The summed E-state index contributed by atoms with van der Waals surface area (Å²) in [5.41, 5.74) is 1.06. The van der Waals surface area contributed by atoms with Gasteiger partial charge in [-0.3, -0.25) is 14.4 Å². The molecule has 22 heavy (non-hydrogen) atoms. The van der Waals surface area contributed by atoms with Gasteiger partial charge in [0.05, 0.1) is 22.9 Å². The Bertz CT molecular complexity index is 568. The van der Waals surface area contributed by atoms with Crippen LogP contribution in [0.5, 0.6) is 0 Å². The van der Waals surface area contributed by atoms with E-state index in [0.717, 1.165) is 13.1 Å². The second-order valence-electron chi connectivity index (χ2n) is 6.31. The summed E-state index contributed by atoms with van der Waals surface area (Å²) in [4.78, 5) is 16.7. The lowest BCUT2D eigenvalue weighted by atomic mass is 10.1. The zero-order chi connectivity index (χ0) is 15.9. The molecule has 2 aliphatic rings. The van der Waals surface area contributed by atoms with Gasteiger partial charge in [-0.2, -0.15) is 5.10 Å². The standard InChI is InChI=1S/C15H23ClN4O2/c1-10-13(16)14(18(2)17-10)15(22)20-8-11(12(21)9-20)19-6-4-3-5-7-19/h11-12,21H,3-9H2,1-2H3/t11-,12-/m0/s1. The number of aromatic nitrogens is 2. The van der Waals surface area contributed by atoms with Crippen LogP contribution in [0.3, 0.4) is 0 Å². The summed E-state index contributed by atoms with van der Waals surface area (Å²) in [5.74, 6) is -0.147. The maximum absolute atomic E-state index is 12.7. The van der Waals surface area contributed by atoms with E-state index in [0.29, 0.717) is 29.5 Å². The molecule has 3 rings (SSSR count). The van der Waals surface area contributed by atoms with Gasteiger partial charge in [0, 0.05) is 20.1 Å². The zero-order valence-electron chi connectivity index (χ0n) is 13.1. The van der Waals surface area contributed by atoms with Crippen LogP contribution in [0.25, 0.3) is 0 Å². The summed E-state index contributed by atoms with van der Waals surface area (Å²) >= 11 is 6.21. The average molecular weight is 327 g/mol. The van der Waals surface area contributed by atoms with Crippen molar-refractivity contribution in [1.82, 2.24) is 19.6 Å². The highest BCUT2D eigenvalue weighted by atomic mass is 35.5. The first-order valence-electron chi connectivity index (χ1n) is 7.89. The smallest absolute Gasteiger partial charge is 0.273 e. The Morgan fingerprint density at radius 2 is 1.95 bits per heavy atom. The summed E-state index contributed by atoms with van der Waals surface area (Å²) in [5, 5.41) is 15.0. The highest BCUT2D eigenvalue weighted by Gasteiger charge is 2.39. The number of rotatable bonds is 2. The predicted molar refractivity (Wildman–Crippen MR) is 84.1 cm³/mol. The van der Waals surface area contributed by atoms with Gasteiger partial charge in [0.1, 0.15) is 5.69 Å². The number of β-amino-alcohol motifs (C(OH)–C–C–N with tert-alkyl or cyclic N) is 1. The van der Waals surface area contributed by atoms with Crippen molar-refractivity contribution in [1.29, 1.82) is 0 Å². The molecule has 1 aromatic rings. The van der Waals surface area contributed by atoms with E-state index in [2.05, 4.69) is 10.00 Å². The van der Waals surface area contributed by atoms with E-state index in [1.54, 1.807) is 18.9 Å². The summed E-state index contributed by atoms with van der Waals surface area (Å²) in [6, 6.07) is 0.0392. The van der Waals surface area contributed by atoms with Gasteiger partial charge in [0.15, 0.2) is 0 Å². The molecule has 0 unspecified atom stereocenters. The lowest BCUT2D eigenvalue weighted by molar-refractivity contribution is 0.0702. The number of likely N-dealkylation sites (tertiary alicyclic amines) is 2. The molecule has 1 amide bonds. The third-order valence-corrected chi connectivity index (χ3v) is 5.21. The molecule has 122 valence electrons. The molecular weight excluding hydrogens is 304 g/mol. The lowest BCUT2D eigenvalue weighted by Gasteiger charge is -2.33. The zero-order valence-corrected chi connectivity index (χ0v) is 13.9. The molecule has 6 nitrogen and oxygen atoms in total. The van der Waals surface area contributed by atoms with E-state index < -0.39 is 6.10 Å². The molecule has 2 saturated heterocycles. The third-order valence-electron chi connectivity index (χ3n) is 4.76. The number of hydrogen-bond acceptors (Lipinski definition) is 4. The lowest BCUT2D eigenvalue weighted by Crippen LogP contribution is -2.46. The van der Waals surface area contributed by atoms with Gasteiger partial charge >= 0.3 is 0 Å². The second-order valence-corrected chi connectivity index (χ2v) is 6.69. The second kappa shape index (κ2) is 6.18. The summed E-state index contributed by atoms with van der Waals surface area (Å²) in [6.07, 6.45) is 3.11. The number of aliphatic hydroxyl groups is 1. The van der Waals surface area contributed by atoms with Gasteiger partial charge in [-0.05, 0) is 32.9 Å². The van der Waals surface area contributed by atoms with Gasteiger partial charge in [-0.15, -0.1) is 0 Å². The molecule has 0 aliphatic carbocycles. The average Bonchev–Trinajstić information content (AvgIpc) is 3.00. The fraction of sp³-hybridized carbons (Fsp3) is 0.733. The molecule has 0 radical (unpaired) electrons. The number of amides is 1. The number of nitrogens with zero attached hydrogens (tertiary/aromatic N) is 4. The van der Waals surface area contributed by atoms with Crippen molar-refractivity contribution in [2.45, 2.75) is 38.3 Å². The van der Waals surface area contributed by atoms with Crippen LogP contribution in [0.1, 0.15) is 35.4 Å². The molecule has 1 aromatic heterocycles. The number of hydrogen-bond donors (Lipinski definition) is 1. The van der Waals surface area contributed by atoms with E-state index >= 15 is 0 Å². The largest absolute Gasteiger partial charge is 0.390 e. The Hall–Kier alpha value is -1.11. The molecule has 0 saturated carbocycles. The first-order chi connectivity index (χ1) is 10.5. The van der Waals surface area contributed by atoms with Crippen LogP contribution in [0.4, 0.5) is 0 Å². The van der Waals surface area contributed by atoms with Crippen molar-refractivity contribution in [3.8, 4) is 0 Å². The topological polar surface area (TPSA) is 61.6 Å². The van der Waals surface area contributed by atoms with Crippen LogP contribution >= 0.6 is 11.6 Å². The highest BCUT2D eigenvalue weighted by Crippen LogP contribution is 2.25. The number of carbonyl (C=O) groups is 1. The van der Waals surface area contributed by atoms with Crippen LogP contribution in [-0.4, -0.2) is 68.9 Å². The first-order valence-corrected chi connectivity index (χ1v) is 8.27. The molecule has 2 fully saturated rings. The van der Waals surface area contributed by atoms with Crippen LogP contribution in [-0.2, 0) is 7.05 Å². The van der Waals surface area contributed by atoms with Crippen LogP contribution in [0, 0.1) is 6.92 Å². The van der Waals surface area contributed by atoms with Crippen molar-refractivity contribution in [2.75, 3.05) is 26.2 Å². The Morgan fingerprint density at radius 3 is 2.55 bits per heavy atom. The molecular formula is C15H23ClN4O2. The van der Waals surface area contributed by atoms with Gasteiger partial charge in [0.2, 0.25) is 0 Å². The minimum Gasteiger partial charge on any atom is -0.390 e. The van der Waals surface area contributed by atoms with Crippen LogP contribution in [0.2, 0.25) is 5.02 Å². The maximum Gasteiger partial charge on any atom is 0.273 e. The predicted octanol–water partition coefficient (Wildman–Crippen LogP) is 1.05. The fourth-order valence-electron chi connectivity index (χ4n) is 3.56. The van der Waals surface area contributed by atoms with E-state index in [1.165, 1.54) is 23.9 Å². The summed E-state index contributed by atoms with van der Waals surface area (Å²) < 4.78 is 1.53. The molecule has 7 heteroatoms. The van der Waals surface area contributed by atoms with Crippen molar-refractivity contribution in [3.05, 3.63) is 16.4 Å². The molecule has 2 aliphatic heterocycles. The maximum atomic E-state index is 12.7. The SMILES string of the molecule is Cc1nn(C)c(C(=O)N2C[C@H](O)[C@@H](N3CCCCC3)C2)c1Cl. The van der Waals surface area contributed by atoms with Crippen molar-refractivity contribution < 1.29 is 9.90 Å². The Labute approximate surface area is 135 Å². The molecule has 0 bridgehead atoms. The van der Waals surface area contributed by atoms with Gasteiger partial charge < -0.3 is 10.0 Å². The normalized spacial score (nSPS) is 26.6. The molecule has 2 atom stereocenters. The quantitative estimate of drug-likeness (QED) is 0.882. The van der Waals surface area contributed by atoms with Crippen molar-refractivity contribution in [3.63, 3.8) is 0 Å². The van der Waals surface area contributed by atoms with Crippen molar-refractivity contribution >= 4 is 17.5 Å². The van der Waals surface area contributed by atoms with E-state index in [1.807, 2.05) is 0 Å². The summed E-state index contributed by atoms with van der Waals surface area (Å²) in [7, 11) is 1.72. The van der Waals surface area contributed by atoms with Gasteiger partial charge in [0.25, 0.3) is 5.91 Å². The van der Waals surface area contributed by atoms with E-state index in [4.69, 9.17) is 11.6 Å². The van der Waals surface area contributed by atoms with Gasteiger partial charge in [-0.1, -0.05) is 18.0 Å². The number of piperidine rings is 1. The molecule has 3 heterocycles. The Kier molecular flexibility index (Phi) is 4.43. The number of carbonyl (C=O) groups excluding carboxylic acids is 1. The first kappa shape index (κ1) is 15.8. The molecule has 0 aromatic carbocycles. The number of aryl methyl sites for hydroxylation is 2. The third kappa shape index (κ3) is 2.75. The fourth-order valence-corrected chi connectivity index (χ4v) is 3.80. The van der Waals surface area contributed by atoms with Gasteiger partial charge in [-0.25, -0.2) is 0 Å². The van der Waals surface area contributed by atoms with Crippen molar-refractivity contribution in [2.24, 2.45) is 7.05 Å². The Morgan fingerprint density at radius 1 is 1.27 bits per heavy atom. The minimum absolute atomic E-state index is 0.0392. The number of halogens is 1. The van der Waals surface area contributed by atoms with Crippen LogP contribution < -0.4 is 0 Å². The summed E-state index contributed by atoms with van der Waals surface area (Å²) in [6.45, 7) is 4.72. The molecule has 1 N–H and O–H groups in total. The Balaban J connectivity index is 1.74. The molecule has 0 spiro atoms. The minimum atomic E-state index is -0.491. The number of aliphatic hydroxyl groups excluding tert-OH is 1. The van der Waals surface area contributed by atoms with Crippen LogP contribution in [0.15, 0.2) is 0 Å². The monoisotopic (exact) mass is 326 g/mol. The van der Waals surface area contributed by atoms with E-state index in [-0.39, 0.29) is 11.9 Å². The van der Waals surface area contributed by atoms with E-state index in [9.17, 15) is 9.90 Å².